The number of quaternary nitrogens is 1. The molecular formula is C11H21N2O4+. The quantitative estimate of drug-likeness (QED) is 0.623. The number of nitrogens with two attached hydrogens (primary N) is 1. The maximum Gasteiger partial charge on any atom is 0.410 e. The van der Waals surface area contributed by atoms with Crippen LogP contribution in [0, 0.1) is 0 Å². The van der Waals surface area contributed by atoms with E-state index >= 15 is 0 Å². The lowest BCUT2D eigenvalue weighted by Gasteiger charge is -2.31. The van der Waals surface area contributed by atoms with Crippen LogP contribution in [0.4, 0.5) is 4.79 Å². The van der Waals surface area contributed by atoms with Gasteiger partial charge in [0.1, 0.15) is 5.60 Å². The normalized spacial score (nSPS) is 20.9. The van der Waals surface area contributed by atoms with Gasteiger partial charge in [0.25, 0.3) is 0 Å². The highest BCUT2D eigenvalue weighted by Gasteiger charge is 2.33. The number of piperazine rings is 1. The van der Waals surface area contributed by atoms with Crippen molar-refractivity contribution in [1.29, 1.82) is 0 Å². The molecule has 0 aliphatic carbocycles. The molecule has 1 rings (SSSR count). The predicted molar refractivity (Wildman–Crippen MR) is 60.4 cm³/mol. The molecule has 0 aromatic rings. The number of hydrogen-bond donors (Lipinski definition) is 1. The van der Waals surface area contributed by atoms with E-state index in [4.69, 9.17) is 4.74 Å². The highest BCUT2D eigenvalue weighted by Crippen LogP contribution is 2.10. The zero-order valence-electron chi connectivity index (χ0n) is 10.9. The Balaban J connectivity index is 2.55. The van der Waals surface area contributed by atoms with Crippen LogP contribution in [0.3, 0.4) is 0 Å². The average molecular weight is 245 g/mol. The van der Waals surface area contributed by atoms with Gasteiger partial charge >= 0.3 is 12.1 Å². The Morgan fingerprint density at radius 1 is 1.35 bits per heavy atom. The summed E-state index contributed by atoms with van der Waals surface area (Å²) in [4.78, 5) is 24.7. The van der Waals surface area contributed by atoms with Gasteiger partial charge in [-0.15, -0.1) is 0 Å². The van der Waals surface area contributed by atoms with Crippen LogP contribution in [0.1, 0.15) is 20.8 Å². The Hall–Kier alpha value is -1.30. The Morgan fingerprint density at radius 2 is 2.00 bits per heavy atom. The van der Waals surface area contributed by atoms with Crippen molar-refractivity contribution >= 4 is 12.1 Å². The van der Waals surface area contributed by atoms with Crippen molar-refractivity contribution in [3.05, 3.63) is 0 Å². The van der Waals surface area contributed by atoms with Gasteiger partial charge in [0.2, 0.25) is 6.04 Å². The van der Waals surface area contributed by atoms with Gasteiger partial charge in [-0.3, -0.25) is 4.90 Å². The summed E-state index contributed by atoms with van der Waals surface area (Å²) in [6.45, 7) is 7.05. The molecule has 17 heavy (non-hydrogen) atoms. The zero-order chi connectivity index (χ0) is 13.1. The summed E-state index contributed by atoms with van der Waals surface area (Å²) in [5.41, 5.74) is -0.515. The molecule has 6 nitrogen and oxygen atoms in total. The number of ether oxygens (including phenoxy) is 2. The minimum Gasteiger partial charge on any atom is -0.465 e. The molecule has 0 saturated carbocycles. The van der Waals surface area contributed by atoms with E-state index in [-0.39, 0.29) is 18.1 Å². The molecule has 1 aliphatic heterocycles. The van der Waals surface area contributed by atoms with Crippen molar-refractivity contribution in [2.24, 2.45) is 0 Å². The number of esters is 1. The summed E-state index contributed by atoms with van der Waals surface area (Å²) < 4.78 is 9.93. The largest absolute Gasteiger partial charge is 0.465 e. The standard InChI is InChI=1S/C11H20N2O4/c1-11(2,3)17-10(15)13-6-5-12-8(7-13)9(14)16-4/h8,12H,5-7H2,1-4H3/p+1/t8-/m1/s1. The first-order valence-electron chi connectivity index (χ1n) is 5.72. The third kappa shape index (κ3) is 4.22. The van der Waals surface area contributed by atoms with Gasteiger partial charge in [0, 0.05) is 0 Å². The molecule has 1 heterocycles. The van der Waals surface area contributed by atoms with Crippen LogP contribution in [0.15, 0.2) is 0 Å². The molecular weight excluding hydrogens is 224 g/mol. The van der Waals surface area contributed by atoms with Gasteiger partial charge in [0.05, 0.1) is 26.7 Å². The molecule has 6 heteroatoms. The number of nitrogens with zero attached hydrogens (tertiary/aromatic N) is 1. The third-order valence-electron chi connectivity index (χ3n) is 2.42. The summed E-state index contributed by atoms with van der Waals surface area (Å²) in [5.74, 6) is -0.307. The molecule has 1 aliphatic rings. The van der Waals surface area contributed by atoms with E-state index in [0.29, 0.717) is 19.6 Å². The first-order chi connectivity index (χ1) is 7.83. The first-order valence-corrected chi connectivity index (χ1v) is 5.72. The lowest BCUT2D eigenvalue weighted by atomic mass is 10.2. The molecule has 0 bridgehead atoms. The highest BCUT2D eigenvalue weighted by atomic mass is 16.6. The second-order valence-electron chi connectivity index (χ2n) is 5.08. The first kappa shape index (κ1) is 13.8. The van der Waals surface area contributed by atoms with Crippen molar-refractivity contribution in [2.75, 3.05) is 26.7 Å². The van der Waals surface area contributed by atoms with E-state index in [2.05, 4.69) is 4.74 Å². The van der Waals surface area contributed by atoms with Crippen LogP contribution in [0.5, 0.6) is 0 Å². The molecule has 1 amide bonds. The summed E-state index contributed by atoms with van der Waals surface area (Å²) in [5, 5.41) is 1.88. The van der Waals surface area contributed by atoms with Crippen molar-refractivity contribution in [1.82, 2.24) is 4.90 Å². The van der Waals surface area contributed by atoms with E-state index in [1.807, 2.05) is 26.1 Å². The van der Waals surface area contributed by atoms with Crippen molar-refractivity contribution < 1.29 is 24.4 Å². The van der Waals surface area contributed by atoms with Gasteiger partial charge < -0.3 is 14.8 Å². The van der Waals surface area contributed by atoms with Crippen molar-refractivity contribution in [3.63, 3.8) is 0 Å². The van der Waals surface area contributed by atoms with Crippen molar-refractivity contribution in [3.8, 4) is 0 Å². The molecule has 0 spiro atoms. The van der Waals surface area contributed by atoms with Gasteiger partial charge in [0.15, 0.2) is 0 Å². The fourth-order valence-electron chi connectivity index (χ4n) is 1.65. The van der Waals surface area contributed by atoms with E-state index in [1.54, 1.807) is 4.90 Å². The van der Waals surface area contributed by atoms with Crippen LogP contribution in [0.2, 0.25) is 0 Å². The average Bonchev–Trinajstić information content (AvgIpc) is 2.26. The second-order valence-corrected chi connectivity index (χ2v) is 5.08. The topological polar surface area (TPSA) is 72.5 Å². The Morgan fingerprint density at radius 3 is 2.53 bits per heavy atom. The van der Waals surface area contributed by atoms with Crippen LogP contribution in [-0.4, -0.2) is 55.3 Å². The molecule has 98 valence electrons. The summed E-state index contributed by atoms with van der Waals surface area (Å²) in [7, 11) is 1.35. The number of carbonyl (C=O) groups excluding carboxylic acids is 2. The predicted octanol–water partition coefficient (Wildman–Crippen LogP) is -0.658. The fraction of sp³-hybridized carbons (Fsp3) is 0.818. The SMILES string of the molecule is COC(=O)[C@H]1CN(C(=O)OC(C)(C)C)CC[NH2+]1. The summed E-state index contributed by atoms with van der Waals surface area (Å²) >= 11 is 0. The van der Waals surface area contributed by atoms with E-state index in [1.165, 1.54) is 7.11 Å². The Kier molecular flexibility index (Phi) is 4.34. The molecule has 2 N–H and O–H groups in total. The number of rotatable bonds is 1. The molecule has 0 aromatic heterocycles. The second kappa shape index (κ2) is 5.35. The monoisotopic (exact) mass is 245 g/mol. The lowest BCUT2D eigenvalue weighted by molar-refractivity contribution is -0.685. The van der Waals surface area contributed by atoms with Crippen LogP contribution < -0.4 is 5.32 Å². The third-order valence-corrected chi connectivity index (χ3v) is 2.42. The van der Waals surface area contributed by atoms with E-state index in [9.17, 15) is 9.59 Å². The number of amides is 1. The lowest BCUT2D eigenvalue weighted by Crippen LogP contribution is -2.97. The van der Waals surface area contributed by atoms with E-state index < -0.39 is 5.60 Å². The Labute approximate surface area is 101 Å². The minimum atomic E-state index is -0.515. The number of carbonyl (C=O) groups is 2. The highest BCUT2D eigenvalue weighted by molar-refractivity contribution is 5.76. The summed E-state index contributed by atoms with van der Waals surface area (Å²) in [6, 6.07) is -0.346. The van der Waals surface area contributed by atoms with Gasteiger partial charge in [-0.05, 0) is 20.8 Å². The molecule has 1 fully saturated rings. The van der Waals surface area contributed by atoms with Crippen molar-refractivity contribution in [2.45, 2.75) is 32.4 Å². The number of methoxy groups -OCH3 is 1. The molecule has 0 radical (unpaired) electrons. The van der Waals surface area contributed by atoms with Crippen LogP contribution in [0.25, 0.3) is 0 Å². The van der Waals surface area contributed by atoms with Gasteiger partial charge in [-0.25, -0.2) is 9.59 Å². The van der Waals surface area contributed by atoms with Gasteiger partial charge in [-0.2, -0.15) is 0 Å². The Bertz CT molecular complexity index is 298. The molecule has 1 atom stereocenters. The number of hydrogen-bond acceptors (Lipinski definition) is 4. The maximum atomic E-state index is 11.8. The molecule has 0 aromatic carbocycles. The van der Waals surface area contributed by atoms with Crippen LogP contribution in [-0.2, 0) is 14.3 Å². The molecule has 1 saturated heterocycles. The smallest absolute Gasteiger partial charge is 0.410 e. The van der Waals surface area contributed by atoms with Crippen LogP contribution >= 0.6 is 0 Å². The summed E-state index contributed by atoms with van der Waals surface area (Å²) in [6.07, 6.45) is -0.375. The maximum absolute atomic E-state index is 11.8. The van der Waals surface area contributed by atoms with E-state index in [0.717, 1.165) is 0 Å². The fourth-order valence-corrected chi connectivity index (χ4v) is 1.65. The molecule has 0 unspecified atom stereocenters. The van der Waals surface area contributed by atoms with Gasteiger partial charge in [-0.1, -0.05) is 0 Å². The minimum absolute atomic E-state index is 0.307. The zero-order valence-corrected chi connectivity index (χ0v) is 10.9.